The van der Waals surface area contributed by atoms with Crippen LogP contribution in [0.5, 0.6) is 0 Å². The van der Waals surface area contributed by atoms with E-state index in [1.165, 1.54) is 12.1 Å². The first-order valence-corrected chi connectivity index (χ1v) is 13.2. The normalized spacial score (nSPS) is 17.9. The van der Waals surface area contributed by atoms with Gasteiger partial charge in [-0.25, -0.2) is 4.79 Å². The lowest BCUT2D eigenvalue weighted by Gasteiger charge is -2.36. The van der Waals surface area contributed by atoms with E-state index in [9.17, 15) is 14.4 Å². The van der Waals surface area contributed by atoms with Crippen LogP contribution in [0.3, 0.4) is 0 Å². The molecule has 200 valence electrons. The molecule has 40 heavy (non-hydrogen) atoms. The summed E-state index contributed by atoms with van der Waals surface area (Å²) < 4.78 is 12.7. The minimum Gasteiger partial charge on any atom is -0.375 e. The van der Waals surface area contributed by atoms with E-state index in [2.05, 4.69) is 0 Å². The van der Waals surface area contributed by atoms with Gasteiger partial charge in [0.1, 0.15) is 5.60 Å². The van der Waals surface area contributed by atoms with Crippen molar-refractivity contribution in [1.29, 1.82) is 0 Å². The molecule has 2 amide bonds. The predicted octanol–water partition coefficient (Wildman–Crippen LogP) is 5.15. The van der Waals surface area contributed by atoms with Gasteiger partial charge in [0, 0.05) is 0 Å². The Hall–Kier alpha value is -4.59. The lowest BCUT2D eigenvalue weighted by molar-refractivity contribution is -0.171. The number of hydrogen-bond acceptors (Lipinski definition) is 6. The van der Waals surface area contributed by atoms with Crippen LogP contribution in [0.15, 0.2) is 115 Å². The van der Waals surface area contributed by atoms with E-state index in [4.69, 9.17) is 14.3 Å². The number of amides is 2. The Morgan fingerprint density at radius 1 is 0.675 bits per heavy atom. The molecule has 0 bridgehead atoms. The van der Waals surface area contributed by atoms with E-state index in [0.29, 0.717) is 11.5 Å². The SMILES string of the molecule is O=C(ON1C(=O)c2ccccc2C1=O)[C@H]1C[C@@H]1OCCOC(c1ccccc1)(c1ccccc1)c1ccccc1. The van der Waals surface area contributed by atoms with Crippen molar-refractivity contribution in [3.8, 4) is 0 Å². The van der Waals surface area contributed by atoms with Gasteiger partial charge < -0.3 is 14.3 Å². The number of fused-ring (bicyclic) bond motifs is 1. The zero-order valence-corrected chi connectivity index (χ0v) is 21.6. The maximum atomic E-state index is 12.7. The molecule has 0 aromatic heterocycles. The van der Waals surface area contributed by atoms with Crippen LogP contribution >= 0.6 is 0 Å². The number of carbonyl (C=O) groups is 3. The largest absolute Gasteiger partial charge is 0.375 e. The molecule has 1 aliphatic heterocycles. The molecule has 6 rings (SSSR count). The highest BCUT2D eigenvalue weighted by Gasteiger charge is 2.49. The second-order valence-corrected chi connectivity index (χ2v) is 9.74. The van der Waals surface area contributed by atoms with Crippen LogP contribution in [0.25, 0.3) is 0 Å². The van der Waals surface area contributed by atoms with E-state index in [0.717, 1.165) is 16.7 Å². The number of benzene rings is 4. The summed E-state index contributed by atoms with van der Waals surface area (Å²) in [4.78, 5) is 42.9. The summed E-state index contributed by atoms with van der Waals surface area (Å²) in [5, 5.41) is 0.541. The van der Waals surface area contributed by atoms with Crippen LogP contribution in [-0.2, 0) is 24.7 Å². The number of imide groups is 1. The van der Waals surface area contributed by atoms with Crippen molar-refractivity contribution >= 4 is 17.8 Å². The fourth-order valence-corrected chi connectivity index (χ4v) is 5.17. The summed E-state index contributed by atoms with van der Waals surface area (Å²) in [6.07, 6.45) is 0.0780. The zero-order valence-electron chi connectivity index (χ0n) is 21.6. The second-order valence-electron chi connectivity index (χ2n) is 9.74. The Bertz CT molecular complexity index is 1390. The number of hydroxylamine groups is 2. The third-order valence-electron chi connectivity index (χ3n) is 7.25. The van der Waals surface area contributed by atoms with Crippen molar-refractivity contribution in [3.05, 3.63) is 143 Å². The molecule has 7 nitrogen and oxygen atoms in total. The topological polar surface area (TPSA) is 82.1 Å². The number of ether oxygens (including phenoxy) is 2. The highest BCUT2D eigenvalue weighted by Crippen LogP contribution is 2.41. The quantitative estimate of drug-likeness (QED) is 0.159. The van der Waals surface area contributed by atoms with Crippen LogP contribution in [0.1, 0.15) is 43.8 Å². The lowest BCUT2D eigenvalue weighted by Crippen LogP contribution is -2.34. The van der Waals surface area contributed by atoms with E-state index < -0.39 is 29.3 Å². The van der Waals surface area contributed by atoms with Gasteiger partial charge in [-0.15, -0.1) is 0 Å². The fraction of sp³-hybridized carbons (Fsp3) is 0.182. The number of hydrogen-bond donors (Lipinski definition) is 0. The van der Waals surface area contributed by atoms with Crippen LogP contribution in [0.2, 0.25) is 0 Å². The van der Waals surface area contributed by atoms with Crippen molar-refractivity contribution in [2.24, 2.45) is 5.92 Å². The maximum Gasteiger partial charge on any atom is 0.338 e. The molecule has 4 aromatic carbocycles. The Labute approximate surface area is 231 Å². The van der Waals surface area contributed by atoms with Crippen molar-refractivity contribution < 1.29 is 28.7 Å². The molecular weight excluding hydrogens is 506 g/mol. The third-order valence-corrected chi connectivity index (χ3v) is 7.25. The Morgan fingerprint density at radius 2 is 1.12 bits per heavy atom. The van der Waals surface area contributed by atoms with Crippen molar-refractivity contribution in [1.82, 2.24) is 5.06 Å². The Balaban J connectivity index is 1.11. The molecule has 2 aliphatic rings. The molecule has 0 N–H and O–H groups in total. The monoisotopic (exact) mass is 533 g/mol. The molecular formula is C33H27NO6. The van der Waals surface area contributed by atoms with Gasteiger partial charge in [0.15, 0.2) is 0 Å². The minimum atomic E-state index is -0.861. The van der Waals surface area contributed by atoms with E-state index in [-0.39, 0.29) is 30.4 Å². The van der Waals surface area contributed by atoms with Crippen molar-refractivity contribution in [2.45, 2.75) is 18.1 Å². The Kier molecular flexibility index (Phi) is 6.99. The average Bonchev–Trinajstić information content (AvgIpc) is 3.76. The van der Waals surface area contributed by atoms with Crippen molar-refractivity contribution in [2.75, 3.05) is 13.2 Å². The fourth-order valence-electron chi connectivity index (χ4n) is 5.17. The van der Waals surface area contributed by atoms with Crippen LogP contribution < -0.4 is 0 Å². The minimum absolute atomic E-state index is 0.222. The summed E-state index contributed by atoms with van der Waals surface area (Å²) in [5.41, 5.74) is 2.55. The third kappa shape index (κ3) is 4.70. The summed E-state index contributed by atoms with van der Waals surface area (Å²) >= 11 is 0. The lowest BCUT2D eigenvalue weighted by atomic mass is 9.80. The molecule has 0 saturated heterocycles. The molecule has 1 fully saturated rings. The summed E-state index contributed by atoms with van der Waals surface area (Å²) in [6.45, 7) is 0.505. The van der Waals surface area contributed by atoms with E-state index >= 15 is 0 Å². The maximum absolute atomic E-state index is 12.7. The smallest absolute Gasteiger partial charge is 0.338 e. The van der Waals surface area contributed by atoms with Gasteiger partial charge in [-0.1, -0.05) is 108 Å². The molecule has 1 aliphatic carbocycles. The first-order chi connectivity index (χ1) is 19.6. The molecule has 7 heteroatoms. The molecule has 2 atom stereocenters. The van der Waals surface area contributed by atoms with E-state index in [1.54, 1.807) is 12.1 Å². The van der Waals surface area contributed by atoms with Gasteiger partial charge in [0.25, 0.3) is 11.8 Å². The van der Waals surface area contributed by atoms with Crippen LogP contribution in [-0.4, -0.2) is 42.2 Å². The molecule has 1 heterocycles. The van der Waals surface area contributed by atoms with Crippen LogP contribution in [0.4, 0.5) is 0 Å². The first-order valence-electron chi connectivity index (χ1n) is 13.2. The highest BCUT2D eigenvalue weighted by atomic mass is 16.7. The molecule has 4 aromatic rings. The highest BCUT2D eigenvalue weighted by molar-refractivity contribution is 6.20. The van der Waals surface area contributed by atoms with Gasteiger partial charge in [0.2, 0.25) is 0 Å². The zero-order chi connectivity index (χ0) is 27.5. The van der Waals surface area contributed by atoms with E-state index in [1.807, 2.05) is 91.0 Å². The molecule has 0 unspecified atom stereocenters. The standard InChI is InChI=1S/C33H27NO6/c35-30-26-18-10-11-19-27(26)31(36)34(30)40-32(37)28-22-29(28)38-20-21-39-33(23-12-4-1-5-13-23,24-14-6-2-7-15-24)25-16-8-3-9-17-25/h1-19,28-29H,20-22H2/t28-,29-/m0/s1. The summed E-state index contributed by atoms with van der Waals surface area (Å²) in [7, 11) is 0. The first kappa shape index (κ1) is 25.7. The van der Waals surface area contributed by atoms with Gasteiger partial charge in [-0.3, -0.25) is 9.59 Å². The van der Waals surface area contributed by atoms with Gasteiger partial charge in [-0.05, 0) is 35.2 Å². The second kappa shape index (κ2) is 10.9. The summed E-state index contributed by atoms with van der Waals surface area (Å²) in [5.74, 6) is -2.49. The molecule has 1 saturated carbocycles. The number of rotatable bonds is 10. The van der Waals surface area contributed by atoms with Gasteiger partial charge >= 0.3 is 5.97 Å². The Morgan fingerprint density at radius 3 is 1.60 bits per heavy atom. The summed E-state index contributed by atoms with van der Waals surface area (Å²) in [6, 6.07) is 36.5. The van der Waals surface area contributed by atoms with Crippen LogP contribution in [0, 0.1) is 5.92 Å². The predicted molar refractivity (Wildman–Crippen MR) is 146 cm³/mol. The van der Waals surface area contributed by atoms with Gasteiger partial charge in [0.05, 0.1) is 36.4 Å². The average molecular weight is 534 g/mol. The van der Waals surface area contributed by atoms with Crippen molar-refractivity contribution in [3.63, 3.8) is 0 Å². The van der Waals surface area contributed by atoms with Gasteiger partial charge in [-0.2, -0.15) is 0 Å². The molecule has 0 radical (unpaired) electrons. The molecule has 0 spiro atoms. The number of carbonyl (C=O) groups excluding carboxylic acids is 3. The number of nitrogens with zero attached hydrogens (tertiary/aromatic N) is 1.